The van der Waals surface area contributed by atoms with Crippen LogP contribution in [0.15, 0.2) is 17.2 Å². The van der Waals surface area contributed by atoms with Crippen LogP contribution in [0.5, 0.6) is 0 Å². The minimum Gasteiger partial charge on any atom is -0.385 e. The minimum atomic E-state index is -0.456. The molecule has 0 N–H and O–H groups in total. The number of nitrogens with zero attached hydrogens (tertiary/aromatic N) is 2. The van der Waals surface area contributed by atoms with Crippen molar-refractivity contribution in [3.8, 4) is 0 Å². The second kappa shape index (κ2) is 6.67. The molecule has 0 bridgehead atoms. The van der Waals surface area contributed by atoms with Crippen molar-refractivity contribution in [3.05, 3.63) is 27.4 Å². The molecule has 0 fully saturated rings. The van der Waals surface area contributed by atoms with E-state index in [1.54, 1.807) is 7.11 Å². The van der Waals surface area contributed by atoms with Crippen molar-refractivity contribution < 1.29 is 9.66 Å². The Balaban J connectivity index is 2.68. The van der Waals surface area contributed by atoms with Crippen LogP contribution in [0, 0.1) is 10.1 Å². The maximum Gasteiger partial charge on any atom is 0.301 e. The Labute approximate surface area is 102 Å². The predicted octanol–water partition coefficient (Wildman–Crippen LogP) is 2.77. The predicted molar refractivity (Wildman–Crippen MR) is 63.1 cm³/mol. The Hall–Kier alpha value is -0.850. The van der Waals surface area contributed by atoms with Crippen LogP contribution >= 0.6 is 23.4 Å². The number of methoxy groups -OCH3 is 1. The van der Waals surface area contributed by atoms with Crippen molar-refractivity contribution in [2.75, 3.05) is 19.5 Å². The van der Waals surface area contributed by atoms with Gasteiger partial charge in [0.2, 0.25) is 0 Å². The molecule has 0 aliphatic rings. The molecule has 16 heavy (non-hydrogen) atoms. The van der Waals surface area contributed by atoms with Gasteiger partial charge in [-0.3, -0.25) is 10.1 Å². The quantitative estimate of drug-likeness (QED) is 0.259. The Morgan fingerprint density at radius 2 is 2.38 bits per heavy atom. The number of ether oxygens (including phenoxy) is 1. The first kappa shape index (κ1) is 13.2. The molecule has 0 amide bonds. The summed E-state index contributed by atoms with van der Waals surface area (Å²) in [7, 11) is 1.62. The number of hydrogen-bond acceptors (Lipinski definition) is 5. The van der Waals surface area contributed by atoms with Gasteiger partial charge in [0.15, 0.2) is 5.03 Å². The molecule has 1 rings (SSSR count). The third-order valence-corrected chi connectivity index (χ3v) is 3.01. The molecule has 1 aromatic rings. The SMILES string of the molecule is COCCCSc1nc(Cl)ccc1[N+](=O)[O-]. The summed E-state index contributed by atoms with van der Waals surface area (Å²) in [6, 6.07) is 2.78. The lowest BCUT2D eigenvalue weighted by Gasteiger charge is -2.02. The zero-order valence-corrected chi connectivity index (χ0v) is 10.3. The van der Waals surface area contributed by atoms with Gasteiger partial charge in [0, 0.05) is 25.5 Å². The van der Waals surface area contributed by atoms with Gasteiger partial charge in [0.25, 0.3) is 0 Å². The monoisotopic (exact) mass is 262 g/mol. The highest BCUT2D eigenvalue weighted by atomic mass is 35.5. The summed E-state index contributed by atoms with van der Waals surface area (Å²) in [5, 5.41) is 11.3. The van der Waals surface area contributed by atoms with E-state index in [1.165, 1.54) is 23.9 Å². The molecule has 0 aliphatic carbocycles. The van der Waals surface area contributed by atoms with Gasteiger partial charge in [0.05, 0.1) is 4.92 Å². The van der Waals surface area contributed by atoms with Crippen LogP contribution in [0.3, 0.4) is 0 Å². The highest BCUT2D eigenvalue weighted by Crippen LogP contribution is 2.28. The van der Waals surface area contributed by atoms with Gasteiger partial charge >= 0.3 is 5.69 Å². The lowest BCUT2D eigenvalue weighted by Crippen LogP contribution is -1.96. The Morgan fingerprint density at radius 1 is 1.62 bits per heavy atom. The van der Waals surface area contributed by atoms with Gasteiger partial charge in [-0.05, 0) is 12.5 Å². The highest BCUT2D eigenvalue weighted by Gasteiger charge is 2.15. The number of halogens is 1. The molecule has 0 saturated carbocycles. The van der Waals surface area contributed by atoms with Crippen LogP contribution in [-0.4, -0.2) is 29.4 Å². The average Bonchev–Trinajstić information content (AvgIpc) is 2.24. The van der Waals surface area contributed by atoms with E-state index in [0.717, 1.165) is 6.42 Å². The molecule has 0 atom stereocenters. The molecule has 0 spiro atoms. The number of thioether (sulfide) groups is 1. The van der Waals surface area contributed by atoms with E-state index < -0.39 is 4.92 Å². The van der Waals surface area contributed by atoms with E-state index in [1.807, 2.05) is 0 Å². The molecule has 0 radical (unpaired) electrons. The van der Waals surface area contributed by atoms with E-state index in [4.69, 9.17) is 16.3 Å². The number of hydrogen-bond donors (Lipinski definition) is 0. The standard InChI is InChI=1S/C9H11ClN2O3S/c1-15-5-2-6-16-9-7(12(13)14)3-4-8(10)11-9/h3-4H,2,5-6H2,1H3. The van der Waals surface area contributed by atoms with Gasteiger partial charge < -0.3 is 4.74 Å². The van der Waals surface area contributed by atoms with Crippen LogP contribution in [0.25, 0.3) is 0 Å². The Bertz CT molecular complexity index is 376. The van der Waals surface area contributed by atoms with Gasteiger partial charge in [-0.15, -0.1) is 0 Å². The third-order valence-electron chi connectivity index (χ3n) is 1.73. The van der Waals surface area contributed by atoms with E-state index in [2.05, 4.69) is 4.98 Å². The summed E-state index contributed by atoms with van der Waals surface area (Å²) in [4.78, 5) is 14.2. The molecule has 7 heteroatoms. The summed E-state index contributed by atoms with van der Waals surface area (Å²) in [6.45, 7) is 0.626. The molecule has 0 aromatic carbocycles. The Morgan fingerprint density at radius 3 is 3.00 bits per heavy atom. The van der Waals surface area contributed by atoms with Gasteiger partial charge in [0.1, 0.15) is 5.15 Å². The Kier molecular flexibility index (Phi) is 5.51. The molecule has 1 aromatic heterocycles. The number of pyridine rings is 1. The largest absolute Gasteiger partial charge is 0.385 e. The van der Waals surface area contributed by atoms with Crippen molar-refractivity contribution in [1.82, 2.24) is 4.98 Å². The normalized spacial score (nSPS) is 10.4. The topological polar surface area (TPSA) is 65.3 Å². The lowest BCUT2D eigenvalue weighted by atomic mass is 10.4. The second-order valence-electron chi connectivity index (χ2n) is 2.91. The molecule has 5 nitrogen and oxygen atoms in total. The van der Waals surface area contributed by atoms with Gasteiger partial charge in [-0.1, -0.05) is 23.4 Å². The maximum atomic E-state index is 10.7. The fourth-order valence-electron chi connectivity index (χ4n) is 1.03. The summed E-state index contributed by atoms with van der Waals surface area (Å²) in [6.07, 6.45) is 0.812. The number of rotatable bonds is 6. The van der Waals surface area contributed by atoms with Gasteiger partial charge in [-0.2, -0.15) is 0 Å². The van der Waals surface area contributed by atoms with E-state index >= 15 is 0 Å². The fourth-order valence-corrected chi connectivity index (χ4v) is 2.13. The van der Waals surface area contributed by atoms with Crippen molar-refractivity contribution >= 4 is 29.1 Å². The highest BCUT2D eigenvalue weighted by molar-refractivity contribution is 7.99. The first-order valence-electron chi connectivity index (χ1n) is 4.58. The number of aromatic nitrogens is 1. The third kappa shape index (κ3) is 3.96. The van der Waals surface area contributed by atoms with Crippen molar-refractivity contribution in [1.29, 1.82) is 0 Å². The van der Waals surface area contributed by atoms with Crippen LogP contribution in [-0.2, 0) is 4.74 Å². The number of nitro groups is 1. The molecule has 0 saturated heterocycles. The molecular formula is C9H11ClN2O3S. The van der Waals surface area contributed by atoms with E-state index in [0.29, 0.717) is 17.4 Å². The van der Waals surface area contributed by atoms with Crippen LogP contribution in [0.1, 0.15) is 6.42 Å². The van der Waals surface area contributed by atoms with Crippen molar-refractivity contribution in [3.63, 3.8) is 0 Å². The maximum absolute atomic E-state index is 10.7. The first-order chi connectivity index (χ1) is 7.65. The molecule has 0 aliphatic heterocycles. The van der Waals surface area contributed by atoms with E-state index in [9.17, 15) is 10.1 Å². The zero-order valence-electron chi connectivity index (χ0n) is 8.68. The van der Waals surface area contributed by atoms with Crippen molar-refractivity contribution in [2.24, 2.45) is 0 Å². The minimum absolute atomic E-state index is 0.00758. The molecule has 1 heterocycles. The zero-order chi connectivity index (χ0) is 12.0. The molecule has 0 unspecified atom stereocenters. The van der Waals surface area contributed by atoms with Crippen LogP contribution in [0.2, 0.25) is 5.15 Å². The van der Waals surface area contributed by atoms with Gasteiger partial charge in [-0.25, -0.2) is 4.98 Å². The molecular weight excluding hydrogens is 252 g/mol. The summed E-state index contributed by atoms with van der Waals surface area (Å²) < 4.78 is 4.89. The van der Waals surface area contributed by atoms with Crippen LogP contribution in [0.4, 0.5) is 5.69 Å². The van der Waals surface area contributed by atoms with Crippen molar-refractivity contribution in [2.45, 2.75) is 11.4 Å². The van der Waals surface area contributed by atoms with Crippen LogP contribution < -0.4 is 0 Å². The molecule has 88 valence electrons. The second-order valence-corrected chi connectivity index (χ2v) is 4.38. The summed E-state index contributed by atoms with van der Waals surface area (Å²) >= 11 is 7.00. The summed E-state index contributed by atoms with van der Waals surface area (Å²) in [5.74, 6) is 0.710. The fraction of sp³-hybridized carbons (Fsp3) is 0.444. The van der Waals surface area contributed by atoms with E-state index in [-0.39, 0.29) is 10.8 Å². The summed E-state index contributed by atoms with van der Waals surface area (Å²) in [5.41, 5.74) is -0.00758. The smallest absolute Gasteiger partial charge is 0.301 e. The lowest BCUT2D eigenvalue weighted by molar-refractivity contribution is -0.388. The average molecular weight is 263 g/mol. The first-order valence-corrected chi connectivity index (χ1v) is 5.94.